The van der Waals surface area contributed by atoms with E-state index >= 15 is 0 Å². The van der Waals surface area contributed by atoms with Crippen LogP contribution in [0.2, 0.25) is 0 Å². The summed E-state index contributed by atoms with van der Waals surface area (Å²) < 4.78 is 44.3. The number of halogens is 3. The number of alkyl halides is 3. The number of para-hydroxylation sites is 2. The van der Waals surface area contributed by atoms with E-state index in [-0.39, 0.29) is 11.7 Å². The van der Waals surface area contributed by atoms with Crippen molar-refractivity contribution in [3.05, 3.63) is 59.7 Å². The molecule has 0 aliphatic rings. The van der Waals surface area contributed by atoms with E-state index in [1.165, 1.54) is 18.2 Å². The van der Waals surface area contributed by atoms with E-state index in [1.54, 1.807) is 12.1 Å². The molecular weight excluding hydrogens is 265 g/mol. The Morgan fingerprint density at radius 3 is 2.00 bits per heavy atom. The number of hydrogen-bond donors (Lipinski definition) is 0. The van der Waals surface area contributed by atoms with E-state index < -0.39 is 11.7 Å². The van der Waals surface area contributed by atoms with E-state index in [0.717, 1.165) is 11.6 Å². The van der Waals surface area contributed by atoms with Crippen molar-refractivity contribution in [1.82, 2.24) is 0 Å². The van der Waals surface area contributed by atoms with Gasteiger partial charge >= 0.3 is 6.18 Å². The van der Waals surface area contributed by atoms with E-state index in [9.17, 15) is 13.2 Å². The molecule has 0 atom stereocenters. The zero-order valence-electron chi connectivity index (χ0n) is 11.2. The van der Waals surface area contributed by atoms with Gasteiger partial charge in [0.2, 0.25) is 0 Å². The summed E-state index contributed by atoms with van der Waals surface area (Å²) in [6, 6.07) is 12.4. The Balaban J connectivity index is 2.41. The van der Waals surface area contributed by atoms with Crippen LogP contribution in [0.1, 0.15) is 30.9 Å². The summed E-state index contributed by atoms with van der Waals surface area (Å²) in [5.41, 5.74) is 0.114. The molecule has 0 bridgehead atoms. The third-order valence-electron chi connectivity index (χ3n) is 2.95. The lowest BCUT2D eigenvalue weighted by molar-refractivity contribution is -0.138. The molecule has 20 heavy (non-hydrogen) atoms. The van der Waals surface area contributed by atoms with E-state index in [2.05, 4.69) is 0 Å². The Bertz CT molecular complexity index is 588. The van der Waals surface area contributed by atoms with Gasteiger partial charge in [-0.2, -0.15) is 13.2 Å². The monoisotopic (exact) mass is 280 g/mol. The normalized spacial score (nSPS) is 11.7. The van der Waals surface area contributed by atoms with Gasteiger partial charge in [0.1, 0.15) is 11.5 Å². The van der Waals surface area contributed by atoms with Gasteiger partial charge in [-0.3, -0.25) is 0 Å². The molecule has 106 valence electrons. The third kappa shape index (κ3) is 3.13. The quantitative estimate of drug-likeness (QED) is 0.709. The summed E-state index contributed by atoms with van der Waals surface area (Å²) >= 11 is 0. The maximum Gasteiger partial charge on any atom is 0.419 e. The molecule has 0 amide bonds. The number of rotatable bonds is 3. The molecule has 0 unspecified atom stereocenters. The highest BCUT2D eigenvalue weighted by Gasteiger charge is 2.34. The smallest absolute Gasteiger partial charge is 0.419 e. The average Bonchev–Trinajstić information content (AvgIpc) is 2.38. The average molecular weight is 280 g/mol. The van der Waals surface area contributed by atoms with Crippen molar-refractivity contribution in [2.45, 2.75) is 25.9 Å². The molecule has 2 aromatic rings. The summed E-state index contributed by atoms with van der Waals surface area (Å²) in [6.07, 6.45) is -4.43. The molecule has 0 fully saturated rings. The fourth-order valence-corrected chi connectivity index (χ4v) is 1.96. The number of hydrogen-bond acceptors (Lipinski definition) is 1. The molecule has 0 radical (unpaired) electrons. The number of ether oxygens (including phenoxy) is 1. The van der Waals surface area contributed by atoms with Crippen LogP contribution in [0, 0.1) is 0 Å². The maximum absolute atomic E-state index is 12.9. The van der Waals surface area contributed by atoms with Crippen LogP contribution in [0.5, 0.6) is 11.5 Å². The molecule has 0 spiro atoms. The molecule has 0 aromatic heterocycles. The van der Waals surface area contributed by atoms with Crippen molar-refractivity contribution in [1.29, 1.82) is 0 Å². The Hall–Kier alpha value is -1.97. The summed E-state index contributed by atoms with van der Waals surface area (Å²) in [4.78, 5) is 0. The Morgan fingerprint density at radius 2 is 1.40 bits per heavy atom. The summed E-state index contributed by atoms with van der Waals surface area (Å²) in [7, 11) is 0. The first-order valence-electron chi connectivity index (χ1n) is 6.32. The summed E-state index contributed by atoms with van der Waals surface area (Å²) in [5, 5.41) is 0. The minimum absolute atomic E-state index is 0.171. The van der Waals surface area contributed by atoms with Crippen LogP contribution in [0.15, 0.2) is 48.5 Å². The van der Waals surface area contributed by atoms with Gasteiger partial charge in [0.25, 0.3) is 0 Å². The Kier molecular flexibility index (Phi) is 4.02. The second kappa shape index (κ2) is 5.57. The molecule has 0 saturated carbocycles. The standard InChI is InChI=1S/C16H15F3O/c1-11(2)12-7-3-5-9-14(12)20-15-10-6-4-8-13(15)16(17,18)19/h3-11H,1-2H3. The highest BCUT2D eigenvalue weighted by Crippen LogP contribution is 2.39. The number of benzene rings is 2. The molecule has 2 rings (SSSR count). The Morgan fingerprint density at radius 1 is 0.850 bits per heavy atom. The lowest BCUT2D eigenvalue weighted by atomic mass is 10.0. The van der Waals surface area contributed by atoms with Gasteiger partial charge in [-0.25, -0.2) is 0 Å². The molecular formula is C16H15F3O. The molecule has 1 nitrogen and oxygen atoms in total. The predicted molar refractivity (Wildman–Crippen MR) is 72.0 cm³/mol. The first-order chi connectivity index (χ1) is 9.39. The lowest BCUT2D eigenvalue weighted by Gasteiger charge is -2.17. The van der Waals surface area contributed by atoms with Gasteiger partial charge in [-0.15, -0.1) is 0 Å². The molecule has 0 aliphatic carbocycles. The first kappa shape index (κ1) is 14.4. The van der Waals surface area contributed by atoms with Crippen LogP contribution in [-0.4, -0.2) is 0 Å². The minimum atomic E-state index is -4.43. The van der Waals surface area contributed by atoms with Crippen molar-refractivity contribution < 1.29 is 17.9 Å². The van der Waals surface area contributed by atoms with Crippen LogP contribution < -0.4 is 4.74 Å². The van der Waals surface area contributed by atoms with Crippen LogP contribution in [0.4, 0.5) is 13.2 Å². The van der Waals surface area contributed by atoms with Crippen molar-refractivity contribution >= 4 is 0 Å². The summed E-state index contributed by atoms with van der Waals surface area (Å²) in [6.45, 7) is 3.94. The fraction of sp³-hybridized carbons (Fsp3) is 0.250. The van der Waals surface area contributed by atoms with Crippen molar-refractivity contribution in [2.24, 2.45) is 0 Å². The van der Waals surface area contributed by atoms with Gasteiger partial charge in [0.05, 0.1) is 5.56 Å². The zero-order chi connectivity index (χ0) is 14.8. The van der Waals surface area contributed by atoms with E-state index in [0.29, 0.717) is 5.75 Å². The van der Waals surface area contributed by atoms with E-state index in [1.807, 2.05) is 26.0 Å². The highest BCUT2D eigenvalue weighted by atomic mass is 19.4. The van der Waals surface area contributed by atoms with Crippen LogP contribution in [-0.2, 0) is 6.18 Å². The minimum Gasteiger partial charge on any atom is -0.456 e. The SMILES string of the molecule is CC(C)c1ccccc1Oc1ccccc1C(F)(F)F. The third-order valence-corrected chi connectivity index (χ3v) is 2.95. The van der Waals surface area contributed by atoms with Crippen molar-refractivity contribution in [3.63, 3.8) is 0 Å². The second-order valence-electron chi connectivity index (χ2n) is 4.79. The first-order valence-corrected chi connectivity index (χ1v) is 6.32. The van der Waals surface area contributed by atoms with Gasteiger partial charge < -0.3 is 4.74 Å². The topological polar surface area (TPSA) is 9.23 Å². The van der Waals surface area contributed by atoms with Gasteiger partial charge in [0, 0.05) is 0 Å². The maximum atomic E-state index is 12.9. The molecule has 2 aromatic carbocycles. The van der Waals surface area contributed by atoms with Crippen LogP contribution in [0.25, 0.3) is 0 Å². The molecule has 0 N–H and O–H groups in total. The molecule has 0 saturated heterocycles. The molecule has 4 heteroatoms. The summed E-state index contributed by atoms with van der Waals surface area (Å²) in [5.74, 6) is 0.455. The van der Waals surface area contributed by atoms with Gasteiger partial charge in [-0.05, 0) is 29.7 Å². The molecule has 0 aliphatic heterocycles. The van der Waals surface area contributed by atoms with Crippen molar-refractivity contribution in [2.75, 3.05) is 0 Å². The van der Waals surface area contributed by atoms with Gasteiger partial charge in [0.15, 0.2) is 0 Å². The van der Waals surface area contributed by atoms with Crippen molar-refractivity contribution in [3.8, 4) is 11.5 Å². The van der Waals surface area contributed by atoms with Gasteiger partial charge in [-0.1, -0.05) is 44.2 Å². The lowest BCUT2D eigenvalue weighted by Crippen LogP contribution is -2.07. The zero-order valence-corrected chi connectivity index (χ0v) is 11.2. The predicted octanol–water partition coefficient (Wildman–Crippen LogP) is 5.62. The van der Waals surface area contributed by atoms with E-state index in [4.69, 9.17) is 4.74 Å². The van der Waals surface area contributed by atoms with Crippen LogP contribution >= 0.6 is 0 Å². The Labute approximate surface area is 116 Å². The van der Waals surface area contributed by atoms with Crippen LogP contribution in [0.3, 0.4) is 0 Å². The fourth-order valence-electron chi connectivity index (χ4n) is 1.96. The molecule has 0 heterocycles. The highest BCUT2D eigenvalue weighted by molar-refractivity contribution is 5.43. The largest absolute Gasteiger partial charge is 0.456 e. The second-order valence-corrected chi connectivity index (χ2v) is 4.79.